The number of hydrogen-bond donors (Lipinski definition) is 0. The maximum absolute atomic E-state index is 12.2. The summed E-state index contributed by atoms with van der Waals surface area (Å²) in [5.74, 6) is -0.531. The lowest BCUT2D eigenvalue weighted by Gasteiger charge is -2.18. The monoisotopic (exact) mass is 257 g/mol. The first-order valence-electron chi connectivity index (χ1n) is 6.02. The maximum Gasteiger partial charge on any atom is 0.239 e. The first-order valence-corrected chi connectivity index (χ1v) is 6.02. The van der Waals surface area contributed by atoms with Gasteiger partial charge in [-0.1, -0.05) is 30.3 Å². The molecular formula is C15H15NO3. The van der Waals surface area contributed by atoms with E-state index in [0.717, 1.165) is 5.56 Å². The van der Waals surface area contributed by atoms with Crippen molar-refractivity contribution in [2.45, 2.75) is 6.42 Å². The lowest BCUT2D eigenvalue weighted by molar-refractivity contribution is -0.126. The van der Waals surface area contributed by atoms with Crippen LogP contribution in [0.25, 0.3) is 0 Å². The molecule has 0 fully saturated rings. The lowest BCUT2D eigenvalue weighted by Crippen LogP contribution is -2.34. The topological polar surface area (TPSA) is 50.5 Å². The number of rotatable bonds is 5. The Labute approximate surface area is 111 Å². The van der Waals surface area contributed by atoms with E-state index in [4.69, 9.17) is 4.42 Å². The van der Waals surface area contributed by atoms with Crippen molar-refractivity contribution in [1.29, 1.82) is 0 Å². The molecule has 0 saturated heterocycles. The number of carbonyl (C=O) groups is 2. The van der Waals surface area contributed by atoms with Crippen LogP contribution in [0.15, 0.2) is 53.1 Å². The van der Waals surface area contributed by atoms with Gasteiger partial charge >= 0.3 is 0 Å². The van der Waals surface area contributed by atoms with Gasteiger partial charge in [0.15, 0.2) is 0 Å². The molecule has 1 unspecified atom stereocenters. The first-order chi connectivity index (χ1) is 9.22. The predicted octanol–water partition coefficient (Wildman–Crippen LogP) is 2.30. The Bertz CT molecular complexity index is 534. The van der Waals surface area contributed by atoms with Gasteiger partial charge in [-0.25, -0.2) is 0 Å². The molecule has 4 nitrogen and oxygen atoms in total. The van der Waals surface area contributed by atoms with Gasteiger partial charge in [-0.05, 0) is 18.1 Å². The SMILES string of the molecule is CN(C(=O)C(C=O)Cc1ccccc1)c1ccco1. The second-order valence-corrected chi connectivity index (χ2v) is 4.28. The lowest BCUT2D eigenvalue weighted by atomic mass is 9.99. The van der Waals surface area contributed by atoms with Crippen LogP contribution in [0.4, 0.5) is 5.88 Å². The third kappa shape index (κ3) is 3.10. The summed E-state index contributed by atoms with van der Waals surface area (Å²) >= 11 is 0. The van der Waals surface area contributed by atoms with Crippen molar-refractivity contribution < 1.29 is 14.0 Å². The molecule has 0 N–H and O–H groups in total. The molecule has 1 aromatic heterocycles. The van der Waals surface area contributed by atoms with E-state index in [0.29, 0.717) is 18.6 Å². The highest BCUT2D eigenvalue weighted by molar-refractivity contribution is 6.01. The molecular weight excluding hydrogens is 242 g/mol. The molecule has 98 valence electrons. The third-order valence-corrected chi connectivity index (χ3v) is 2.95. The molecule has 0 spiro atoms. The number of benzene rings is 1. The number of aldehydes is 1. The highest BCUT2D eigenvalue weighted by Gasteiger charge is 2.23. The molecule has 19 heavy (non-hydrogen) atoms. The minimum Gasteiger partial charge on any atom is -0.448 e. The molecule has 0 bridgehead atoms. The zero-order valence-electron chi connectivity index (χ0n) is 10.7. The van der Waals surface area contributed by atoms with Gasteiger partial charge in [0.05, 0.1) is 12.2 Å². The average molecular weight is 257 g/mol. The summed E-state index contributed by atoms with van der Waals surface area (Å²) in [5, 5.41) is 0. The van der Waals surface area contributed by atoms with Crippen LogP contribution in [0, 0.1) is 5.92 Å². The summed E-state index contributed by atoms with van der Waals surface area (Å²) in [6, 6.07) is 12.9. The van der Waals surface area contributed by atoms with E-state index in [1.54, 1.807) is 19.2 Å². The Morgan fingerprint density at radius 1 is 1.26 bits per heavy atom. The Balaban J connectivity index is 2.09. The van der Waals surface area contributed by atoms with Gasteiger partial charge in [0.2, 0.25) is 11.8 Å². The standard InChI is InChI=1S/C15H15NO3/c1-16(14-8-5-9-19-14)15(18)13(11-17)10-12-6-3-2-4-7-12/h2-9,11,13H,10H2,1H3. The van der Waals surface area contributed by atoms with Crippen molar-refractivity contribution in [2.75, 3.05) is 11.9 Å². The average Bonchev–Trinajstić information content (AvgIpc) is 2.98. The van der Waals surface area contributed by atoms with Crippen LogP contribution >= 0.6 is 0 Å². The van der Waals surface area contributed by atoms with E-state index in [1.165, 1.54) is 11.2 Å². The summed E-state index contributed by atoms with van der Waals surface area (Å²) in [4.78, 5) is 24.7. The molecule has 4 heteroatoms. The smallest absolute Gasteiger partial charge is 0.239 e. The molecule has 2 rings (SSSR count). The van der Waals surface area contributed by atoms with Gasteiger partial charge in [-0.3, -0.25) is 9.69 Å². The molecule has 1 amide bonds. The zero-order chi connectivity index (χ0) is 13.7. The number of amides is 1. The van der Waals surface area contributed by atoms with E-state index >= 15 is 0 Å². The van der Waals surface area contributed by atoms with Crippen molar-refractivity contribution in [3.8, 4) is 0 Å². The molecule has 1 atom stereocenters. The van der Waals surface area contributed by atoms with Crippen molar-refractivity contribution in [1.82, 2.24) is 0 Å². The highest BCUT2D eigenvalue weighted by Crippen LogP contribution is 2.17. The largest absolute Gasteiger partial charge is 0.448 e. The van der Waals surface area contributed by atoms with E-state index in [9.17, 15) is 9.59 Å². The summed E-state index contributed by atoms with van der Waals surface area (Å²) in [6.07, 6.45) is 2.58. The number of anilines is 1. The number of hydrogen-bond acceptors (Lipinski definition) is 3. The van der Waals surface area contributed by atoms with Gasteiger partial charge < -0.3 is 9.21 Å². The van der Waals surface area contributed by atoms with Gasteiger partial charge in [0.25, 0.3) is 0 Å². The third-order valence-electron chi connectivity index (χ3n) is 2.95. The Kier molecular flexibility index (Phi) is 4.13. The van der Waals surface area contributed by atoms with Crippen molar-refractivity contribution in [2.24, 2.45) is 5.92 Å². The van der Waals surface area contributed by atoms with E-state index < -0.39 is 5.92 Å². The maximum atomic E-state index is 12.2. The normalized spacial score (nSPS) is 11.8. The van der Waals surface area contributed by atoms with Gasteiger partial charge in [-0.15, -0.1) is 0 Å². The molecule has 1 aromatic carbocycles. The predicted molar refractivity (Wildman–Crippen MR) is 71.8 cm³/mol. The summed E-state index contributed by atoms with van der Waals surface area (Å²) < 4.78 is 5.15. The van der Waals surface area contributed by atoms with Crippen LogP contribution in [0.5, 0.6) is 0 Å². The van der Waals surface area contributed by atoms with Crippen LogP contribution in [0.1, 0.15) is 5.56 Å². The molecule has 0 aliphatic heterocycles. The van der Waals surface area contributed by atoms with E-state index in [-0.39, 0.29) is 5.91 Å². The fourth-order valence-corrected chi connectivity index (χ4v) is 1.88. The van der Waals surface area contributed by atoms with Crippen LogP contribution in [-0.2, 0) is 16.0 Å². The Hall–Kier alpha value is -2.36. The summed E-state index contributed by atoms with van der Waals surface area (Å²) in [6.45, 7) is 0. The van der Waals surface area contributed by atoms with Crippen molar-refractivity contribution in [3.63, 3.8) is 0 Å². The minimum absolute atomic E-state index is 0.270. The highest BCUT2D eigenvalue weighted by atomic mass is 16.3. The summed E-state index contributed by atoms with van der Waals surface area (Å²) in [5.41, 5.74) is 0.959. The summed E-state index contributed by atoms with van der Waals surface area (Å²) in [7, 11) is 1.60. The fraction of sp³-hybridized carbons (Fsp3) is 0.200. The molecule has 0 aliphatic rings. The van der Waals surface area contributed by atoms with Gasteiger partial charge in [-0.2, -0.15) is 0 Å². The van der Waals surface area contributed by atoms with Crippen molar-refractivity contribution in [3.05, 3.63) is 54.3 Å². The van der Waals surface area contributed by atoms with Crippen LogP contribution in [0.3, 0.4) is 0 Å². The molecule has 0 radical (unpaired) electrons. The second-order valence-electron chi connectivity index (χ2n) is 4.28. The molecule has 1 heterocycles. The number of furan rings is 1. The van der Waals surface area contributed by atoms with Crippen molar-refractivity contribution >= 4 is 18.1 Å². The fourth-order valence-electron chi connectivity index (χ4n) is 1.88. The number of carbonyl (C=O) groups excluding carboxylic acids is 2. The first kappa shape index (κ1) is 13.1. The second kappa shape index (κ2) is 6.00. The number of nitrogens with zero attached hydrogens (tertiary/aromatic N) is 1. The van der Waals surface area contributed by atoms with Crippen LogP contribution in [0.2, 0.25) is 0 Å². The molecule has 0 saturated carbocycles. The van der Waals surface area contributed by atoms with Gasteiger partial charge in [0, 0.05) is 13.1 Å². The Morgan fingerprint density at radius 2 is 2.00 bits per heavy atom. The molecule has 0 aliphatic carbocycles. The van der Waals surface area contributed by atoms with Gasteiger partial charge in [0.1, 0.15) is 6.29 Å². The Morgan fingerprint density at radius 3 is 2.58 bits per heavy atom. The zero-order valence-corrected chi connectivity index (χ0v) is 10.7. The quantitative estimate of drug-likeness (QED) is 0.610. The van der Waals surface area contributed by atoms with Crippen LogP contribution in [-0.4, -0.2) is 19.2 Å². The van der Waals surface area contributed by atoms with Crippen LogP contribution < -0.4 is 4.90 Å². The molecule has 2 aromatic rings. The minimum atomic E-state index is -0.697. The van der Waals surface area contributed by atoms with E-state index in [1.807, 2.05) is 30.3 Å². The van der Waals surface area contributed by atoms with E-state index in [2.05, 4.69) is 0 Å².